The number of ether oxygens (including phenoxy) is 1. The molecule has 7 N–H and O–H groups in total. The number of para-hydroxylation sites is 2. The number of aromatic amines is 2. The average molecular weight is 519 g/mol. The number of nitrogens with one attached hydrogen (secondary N) is 5. The normalized spacial score (nSPS) is 12.6. The number of carbonyl (C=O) groups excluding carboxylic acids is 4. The molecule has 0 aliphatic rings. The highest BCUT2D eigenvalue weighted by atomic mass is 16.5. The van der Waals surface area contributed by atoms with E-state index in [1.165, 1.54) is 21.0 Å². The summed E-state index contributed by atoms with van der Waals surface area (Å²) < 4.78 is 4.95. The highest BCUT2D eigenvalue weighted by Gasteiger charge is 2.28. The molecule has 0 aliphatic carbocycles. The van der Waals surface area contributed by atoms with E-state index in [1.54, 1.807) is 0 Å². The molecule has 0 fully saturated rings. The molecule has 0 bridgehead atoms. The monoisotopic (exact) mass is 518 g/mol. The molecular formula is C27H30N6O5. The number of esters is 1. The lowest BCUT2D eigenvalue weighted by atomic mass is 9.96. The molecule has 0 aliphatic heterocycles. The van der Waals surface area contributed by atoms with Gasteiger partial charge in [0.25, 0.3) is 5.91 Å². The number of rotatable bonds is 9. The Labute approximate surface area is 218 Å². The van der Waals surface area contributed by atoms with Crippen molar-refractivity contribution in [2.75, 3.05) is 7.11 Å². The largest absolute Gasteiger partial charge is 0.467 e. The van der Waals surface area contributed by atoms with Crippen LogP contribution in [-0.4, -0.2) is 52.9 Å². The van der Waals surface area contributed by atoms with Crippen LogP contribution >= 0.6 is 0 Å². The van der Waals surface area contributed by atoms with Gasteiger partial charge in [0.2, 0.25) is 11.8 Å². The van der Waals surface area contributed by atoms with Crippen molar-refractivity contribution in [3.8, 4) is 11.4 Å². The zero-order valence-corrected chi connectivity index (χ0v) is 21.3. The number of aromatic nitrogens is 2. The average Bonchev–Trinajstić information content (AvgIpc) is 3.44. The summed E-state index contributed by atoms with van der Waals surface area (Å²) in [6.07, 6.45) is 0.293. The molecule has 3 amide bonds. The van der Waals surface area contributed by atoms with Gasteiger partial charge in [-0.15, -0.1) is 0 Å². The van der Waals surface area contributed by atoms with Gasteiger partial charge in [-0.3, -0.25) is 19.8 Å². The Morgan fingerprint density at radius 1 is 0.789 bits per heavy atom. The van der Waals surface area contributed by atoms with E-state index in [1.807, 2.05) is 48.5 Å². The van der Waals surface area contributed by atoms with Crippen molar-refractivity contribution in [1.82, 2.24) is 26.0 Å². The Morgan fingerprint density at radius 2 is 1.24 bits per heavy atom. The molecule has 4 aromatic rings. The molecule has 198 valence electrons. The Kier molecular flexibility index (Phi) is 7.77. The molecule has 2 atom stereocenters. The second kappa shape index (κ2) is 11.2. The predicted molar refractivity (Wildman–Crippen MR) is 143 cm³/mol. The first-order valence-electron chi connectivity index (χ1n) is 12.1. The summed E-state index contributed by atoms with van der Waals surface area (Å²) in [5.41, 5.74) is 6.69. The Hall–Kier alpha value is -4.64. The fourth-order valence-electron chi connectivity index (χ4n) is 4.80. The summed E-state index contributed by atoms with van der Waals surface area (Å²) in [7, 11) is 1.27. The minimum absolute atomic E-state index is 0.142. The SMILES string of the molecule is COC(=O)[C@H](Cc1c(-c2[nH]c3ccccc3c2C[C@H](NC(C)=O)C(=O)NN)[nH]c2ccccc12)NC(C)=O. The van der Waals surface area contributed by atoms with E-state index in [-0.39, 0.29) is 24.7 Å². The molecule has 2 heterocycles. The van der Waals surface area contributed by atoms with E-state index >= 15 is 0 Å². The van der Waals surface area contributed by atoms with Gasteiger partial charge in [0.05, 0.1) is 18.5 Å². The van der Waals surface area contributed by atoms with Crippen LogP contribution in [0.1, 0.15) is 25.0 Å². The van der Waals surface area contributed by atoms with Gasteiger partial charge in [0, 0.05) is 48.5 Å². The van der Waals surface area contributed by atoms with Crippen molar-refractivity contribution in [3.63, 3.8) is 0 Å². The molecule has 2 aromatic carbocycles. The van der Waals surface area contributed by atoms with Gasteiger partial charge in [-0.2, -0.15) is 0 Å². The van der Waals surface area contributed by atoms with Crippen molar-refractivity contribution < 1.29 is 23.9 Å². The Bertz CT molecular complexity index is 1410. The molecule has 0 radical (unpaired) electrons. The van der Waals surface area contributed by atoms with Gasteiger partial charge >= 0.3 is 5.97 Å². The van der Waals surface area contributed by atoms with Crippen molar-refractivity contribution in [3.05, 3.63) is 59.7 Å². The first kappa shape index (κ1) is 26.4. The highest BCUT2D eigenvalue weighted by Crippen LogP contribution is 2.36. The van der Waals surface area contributed by atoms with Gasteiger partial charge in [-0.1, -0.05) is 36.4 Å². The van der Waals surface area contributed by atoms with Gasteiger partial charge in [-0.25, -0.2) is 10.6 Å². The maximum atomic E-state index is 12.6. The third-order valence-electron chi connectivity index (χ3n) is 6.39. The van der Waals surface area contributed by atoms with Crippen molar-refractivity contribution in [1.29, 1.82) is 0 Å². The van der Waals surface area contributed by atoms with E-state index in [9.17, 15) is 19.2 Å². The van der Waals surface area contributed by atoms with Crippen LogP contribution in [-0.2, 0) is 36.8 Å². The first-order chi connectivity index (χ1) is 18.2. The molecule has 38 heavy (non-hydrogen) atoms. The fraction of sp³-hybridized carbons (Fsp3) is 0.259. The molecule has 0 unspecified atom stereocenters. The van der Waals surface area contributed by atoms with Crippen LogP contribution in [0.4, 0.5) is 0 Å². The van der Waals surface area contributed by atoms with Crippen LogP contribution in [0.3, 0.4) is 0 Å². The molecule has 0 spiro atoms. The Morgan fingerprint density at radius 3 is 1.68 bits per heavy atom. The lowest BCUT2D eigenvalue weighted by molar-refractivity contribution is -0.144. The van der Waals surface area contributed by atoms with Crippen LogP contribution in [0.25, 0.3) is 33.2 Å². The molecule has 2 aromatic heterocycles. The summed E-state index contributed by atoms with van der Waals surface area (Å²) >= 11 is 0. The third-order valence-corrected chi connectivity index (χ3v) is 6.39. The summed E-state index contributed by atoms with van der Waals surface area (Å²) in [6, 6.07) is 13.4. The fourth-order valence-corrected chi connectivity index (χ4v) is 4.80. The predicted octanol–water partition coefficient (Wildman–Crippen LogP) is 1.57. The van der Waals surface area contributed by atoms with E-state index in [0.717, 1.165) is 32.9 Å². The topological polar surface area (TPSA) is 171 Å². The van der Waals surface area contributed by atoms with E-state index in [0.29, 0.717) is 11.4 Å². The van der Waals surface area contributed by atoms with Crippen LogP contribution < -0.4 is 21.9 Å². The summed E-state index contributed by atoms with van der Waals surface area (Å²) in [6.45, 7) is 2.67. The van der Waals surface area contributed by atoms with Crippen LogP contribution in [0.2, 0.25) is 0 Å². The summed E-state index contributed by atoms with van der Waals surface area (Å²) in [5, 5.41) is 7.07. The number of fused-ring (bicyclic) bond motifs is 2. The zero-order chi connectivity index (χ0) is 27.4. The van der Waals surface area contributed by atoms with Crippen molar-refractivity contribution in [2.45, 2.75) is 38.8 Å². The van der Waals surface area contributed by atoms with Crippen LogP contribution in [0.5, 0.6) is 0 Å². The number of H-pyrrole nitrogens is 2. The first-order valence-corrected chi connectivity index (χ1v) is 12.1. The molecule has 4 rings (SSSR count). The van der Waals surface area contributed by atoms with Gasteiger partial charge in [0.15, 0.2) is 0 Å². The standard InChI is InChI=1S/C27H30N6O5/c1-14(34)29-22(26(36)33-28)12-18-16-8-4-6-10-20(16)31-24(18)25-19(17-9-5-7-11-21(17)32-25)13-23(27(37)38-3)30-15(2)35/h4-11,22-23,31-32H,12-13,28H2,1-3H3,(H,29,34)(H,30,35)(H,33,36)/t22-,23-/m0/s1. The van der Waals surface area contributed by atoms with E-state index in [2.05, 4.69) is 26.0 Å². The number of amides is 3. The van der Waals surface area contributed by atoms with Crippen LogP contribution in [0.15, 0.2) is 48.5 Å². The maximum absolute atomic E-state index is 12.6. The number of hydrogen-bond donors (Lipinski definition) is 6. The number of benzene rings is 2. The molecular weight excluding hydrogens is 488 g/mol. The van der Waals surface area contributed by atoms with Gasteiger partial charge in [-0.05, 0) is 23.3 Å². The molecule has 0 saturated heterocycles. The number of nitrogens with two attached hydrogens (primary N) is 1. The maximum Gasteiger partial charge on any atom is 0.328 e. The molecule has 0 saturated carbocycles. The van der Waals surface area contributed by atoms with Crippen LogP contribution in [0, 0.1) is 0 Å². The van der Waals surface area contributed by atoms with Gasteiger partial charge < -0.3 is 25.3 Å². The van der Waals surface area contributed by atoms with E-state index in [4.69, 9.17) is 10.6 Å². The lowest BCUT2D eigenvalue weighted by Crippen LogP contribution is -2.49. The number of methoxy groups -OCH3 is 1. The summed E-state index contributed by atoms with van der Waals surface area (Å²) in [4.78, 5) is 55.8. The van der Waals surface area contributed by atoms with E-state index < -0.39 is 24.0 Å². The lowest BCUT2D eigenvalue weighted by Gasteiger charge is -2.18. The number of hydrazine groups is 1. The zero-order valence-electron chi connectivity index (χ0n) is 21.3. The Balaban J connectivity index is 1.92. The molecule has 11 heteroatoms. The second-order valence-electron chi connectivity index (χ2n) is 8.99. The minimum Gasteiger partial charge on any atom is -0.467 e. The molecule has 11 nitrogen and oxygen atoms in total. The second-order valence-corrected chi connectivity index (χ2v) is 8.99. The summed E-state index contributed by atoms with van der Waals surface area (Å²) in [5.74, 6) is 3.56. The van der Waals surface area contributed by atoms with Gasteiger partial charge in [0.1, 0.15) is 12.1 Å². The smallest absolute Gasteiger partial charge is 0.328 e. The minimum atomic E-state index is -0.925. The quantitative estimate of drug-likeness (QED) is 0.0850. The van der Waals surface area contributed by atoms with Crippen molar-refractivity contribution in [2.24, 2.45) is 5.84 Å². The number of hydrogen-bond acceptors (Lipinski definition) is 6. The van der Waals surface area contributed by atoms with Crippen molar-refractivity contribution >= 4 is 45.5 Å². The third kappa shape index (κ3) is 5.37. The highest BCUT2D eigenvalue weighted by molar-refractivity contribution is 5.97. The number of carbonyl (C=O) groups is 4.